The first-order valence-electron chi connectivity index (χ1n) is 9.78. The molecule has 7 heteroatoms. The highest BCUT2D eigenvalue weighted by atomic mass is 16.5. The Morgan fingerprint density at radius 1 is 1.33 bits per heavy atom. The van der Waals surface area contributed by atoms with Crippen molar-refractivity contribution >= 4 is 0 Å². The molecule has 0 aliphatic carbocycles. The number of likely N-dealkylation sites (tertiary alicyclic amines) is 1. The highest BCUT2D eigenvalue weighted by Crippen LogP contribution is 2.30. The lowest BCUT2D eigenvalue weighted by molar-refractivity contribution is -0.0669. The average molecular weight is 371 g/mol. The number of nitrogens with zero attached hydrogens (tertiary/aromatic N) is 5. The Bertz CT molecular complexity index is 747. The topological polar surface area (TPSA) is 55.6 Å². The Kier molecular flexibility index (Phi) is 5.71. The van der Waals surface area contributed by atoms with Crippen molar-refractivity contribution in [2.24, 2.45) is 0 Å². The van der Waals surface area contributed by atoms with Gasteiger partial charge in [0.05, 0.1) is 37.3 Å². The van der Waals surface area contributed by atoms with Gasteiger partial charge in [0.25, 0.3) is 0 Å². The molecule has 2 atom stereocenters. The molecular formula is C20H29N5O2. The van der Waals surface area contributed by atoms with E-state index in [0.29, 0.717) is 6.61 Å². The lowest BCUT2D eigenvalue weighted by Gasteiger charge is -2.41. The van der Waals surface area contributed by atoms with Gasteiger partial charge in [0.2, 0.25) is 0 Å². The summed E-state index contributed by atoms with van der Waals surface area (Å²) >= 11 is 0. The van der Waals surface area contributed by atoms with Crippen LogP contribution >= 0.6 is 0 Å². The lowest BCUT2D eigenvalue weighted by atomic mass is 10.00. The van der Waals surface area contributed by atoms with Gasteiger partial charge in [0.15, 0.2) is 0 Å². The van der Waals surface area contributed by atoms with E-state index in [0.717, 1.165) is 57.1 Å². The van der Waals surface area contributed by atoms with Gasteiger partial charge in [-0.05, 0) is 44.6 Å². The monoisotopic (exact) mass is 371 g/mol. The van der Waals surface area contributed by atoms with Crippen LogP contribution in [-0.4, -0.2) is 71.2 Å². The van der Waals surface area contributed by atoms with Gasteiger partial charge in [0, 0.05) is 26.2 Å². The highest BCUT2D eigenvalue weighted by molar-refractivity contribution is 5.28. The molecule has 1 saturated heterocycles. The minimum absolute atomic E-state index is 0.252. The van der Waals surface area contributed by atoms with Crippen LogP contribution in [-0.2, 0) is 17.9 Å². The molecule has 2 aromatic rings. The minimum atomic E-state index is 0.252. The number of ether oxygens (including phenoxy) is 2. The van der Waals surface area contributed by atoms with Crippen molar-refractivity contribution in [3.05, 3.63) is 41.7 Å². The molecule has 0 saturated carbocycles. The molecule has 2 aliphatic rings. The van der Waals surface area contributed by atoms with E-state index in [1.165, 1.54) is 5.56 Å². The number of fused-ring (bicyclic) bond motifs is 3. The molecule has 1 aromatic carbocycles. The van der Waals surface area contributed by atoms with Crippen molar-refractivity contribution in [1.82, 2.24) is 24.8 Å². The fourth-order valence-corrected chi connectivity index (χ4v) is 3.95. The van der Waals surface area contributed by atoms with E-state index < -0.39 is 0 Å². The summed E-state index contributed by atoms with van der Waals surface area (Å²) in [5.74, 6) is 0.959. The molecule has 2 aliphatic heterocycles. The number of benzene rings is 1. The van der Waals surface area contributed by atoms with Crippen LogP contribution in [0, 0.1) is 0 Å². The second-order valence-corrected chi connectivity index (χ2v) is 7.76. The number of hydrogen-bond donors (Lipinski definition) is 0. The normalized spacial score (nSPS) is 22.5. The van der Waals surface area contributed by atoms with E-state index in [1.54, 1.807) is 0 Å². The van der Waals surface area contributed by atoms with Crippen molar-refractivity contribution in [3.8, 4) is 5.75 Å². The predicted molar refractivity (Wildman–Crippen MR) is 103 cm³/mol. The lowest BCUT2D eigenvalue weighted by Crippen LogP contribution is -2.47. The van der Waals surface area contributed by atoms with Crippen molar-refractivity contribution in [3.63, 3.8) is 0 Å². The van der Waals surface area contributed by atoms with Gasteiger partial charge < -0.3 is 14.4 Å². The Balaban J connectivity index is 1.34. The maximum Gasteiger partial charge on any atom is 0.119 e. The third kappa shape index (κ3) is 4.48. The molecule has 4 rings (SSSR count). The van der Waals surface area contributed by atoms with E-state index in [4.69, 9.17) is 9.47 Å². The number of rotatable bonds is 7. The number of piperidine rings is 1. The van der Waals surface area contributed by atoms with E-state index in [1.807, 2.05) is 12.3 Å². The van der Waals surface area contributed by atoms with Crippen LogP contribution in [0.3, 0.4) is 0 Å². The van der Waals surface area contributed by atoms with Gasteiger partial charge in [-0.1, -0.05) is 17.3 Å². The molecule has 1 aromatic heterocycles. The van der Waals surface area contributed by atoms with Gasteiger partial charge in [-0.3, -0.25) is 4.90 Å². The van der Waals surface area contributed by atoms with E-state index >= 15 is 0 Å². The van der Waals surface area contributed by atoms with Crippen molar-refractivity contribution in [2.45, 2.75) is 38.1 Å². The molecule has 7 nitrogen and oxygen atoms in total. The van der Waals surface area contributed by atoms with Gasteiger partial charge in [-0.15, -0.1) is 5.10 Å². The molecule has 0 unspecified atom stereocenters. The molecule has 0 amide bonds. The minimum Gasteiger partial charge on any atom is -0.494 e. The molecule has 146 valence electrons. The standard InChI is InChI=1S/C20H29N5O2/c1-23(2)8-4-10-26-18-6-3-5-16(11-18)13-24-9-7-20-19(14-24)25-17(15-27-20)12-21-22-25/h3,5-6,11-12,19-20H,4,7-10,13-15H2,1-2H3/t19-,20-/m0/s1. The number of hydrogen-bond acceptors (Lipinski definition) is 6. The summed E-state index contributed by atoms with van der Waals surface area (Å²) in [5, 5.41) is 8.34. The van der Waals surface area contributed by atoms with Gasteiger partial charge in [0.1, 0.15) is 5.75 Å². The largest absolute Gasteiger partial charge is 0.494 e. The highest BCUT2D eigenvalue weighted by Gasteiger charge is 2.36. The van der Waals surface area contributed by atoms with Crippen LogP contribution in [0.15, 0.2) is 30.5 Å². The zero-order valence-electron chi connectivity index (χ0n) is 16.3. The summed E-state index contributed by atoms with van der Waals surface area (Å²) in [6.45, 7) is 5.32. The third-order valence-corrected chi connectivity index (χ3v) is 5.34. The fourth-order valence-electron chi connectivity index (χ4n) is 3.95. The second-order valence-electron chi connectivity index (χ2n) is 7.76. The quantitative estimate of drug-likeness (QED) is 0.694. The van der Waals surface area contributed by atoms with Crippen LogP contribution in [0.4, 0.5) is 0 Å². The second kappa shape index (κ2) is 8.37. The van der Waals surface area contributed by atoms with Crippen LogP contribution in [0.2, 0.25) is 0 Å². The molecule has 0 spiro atoms. The van der Waals surface area contributed by atoms with Gasteiger partial charge in [-0.2, -0.15) is 0 Å². The number of aromatic nitrogens is 3. The average Bonchev–Trinajstić information content (AvgIpc) is 3.15. The van der Waals surface area contributed by atoms with Gasteiger partial charge in [-0.25, -0.2) is 4.68 Å². The van der Waals surface area contributed by atoms with Crippen molar-refractivity contribution < 1.29 is 9.47 Å². The van der Waals surface area contributed by atoms with Crippen LogP contribution in [0.5, 0.6) is 5.75 Å². The van der Waals surface area contributed by atoms with Crippen LogP contribution in [0.1, 0.15) is 30.1 Å². The summed E-state index contributed by atoms with van der Waals surface area (Å²) in [6, 6.07) is 8.73. The smallest absolute Gasteiger partial charge is 0.119 e. The molecule has 0 radical (unpaired) electrons. The zero-order chi connectivity index (χ0) is 18.6. The maximum atomic E-state index is 6.01. The van der Waals surface area contributed by atoms with Gasteiger partial charge >= 0.3 is 0 Å². The first-order valence-corrected chi connectivity index (χ1v) is 9.78. The van der Waals surface area contributed by atoms with Crippen LogP contribution in [0.25, 0.3) is 0 Å². The van der Waals surface area contributed by atoms with Crippen molar-refractivity contribution in [1.29, 1.82) is 0 Å². The van der Waals surface area contributed by atoms with Crippen molar-refractivity contribution in [2.75, 3.05) is 40.3 Å². The zero-order valence-corrected chi connectivity index (χ0v) is 16.3. The van der Waals surface area contributed by atoms with Crippen LogP contribution < -0.4 is 4.74 Å². The summed E-state index contributed by atoms with van der Waals surface area (Å²) in [7, 11) is 4.17. The Hall–Kier alpha value is -1.96. The fraction of sp³-hybridized carbons (Fsp3) is 0.600. The Labute approximate surface area is 160 Å². The third-order valence-electron chi connectivity index (χ3n) is 5.34. The van der Waals surface area contributed by atoms with E-state index in [2.05, 4.69) is 57.1 Å². The molecular weight excluding hydrogens is 342 g/mol. The SMILES string of the molecule is CN(C)CCCOc1cccc(CN2CC[C@@H]3OCc4cnnn4[C@H]3C2)c1. The molecule has 0 bridgehead atoms. The molecule has 3 heterocycles. The molecule has 27 heavy (non-hydrogen) atoms. The summed E-state index contributed by atoms with van der Waals surface area (Å²) in [4.78, 5) is 4.66. The predicted octanol–water partition coefficient (Wildman–Crippen LogP) is 1.95. The first kappa shape index (κ1) is 18.4. The summed E-state index contributed by atoms with van der Waals surface area (Å²) in [5.41, 5.74) is 2.36. The van der Waals surface area contributed by atoms with E-state index in [9.17, 15) is 0 Å². The molecule has 0 N–H and O–H groups in total. The molecule has 1 fully saturated rings. The Morgan fingerprint density at radius 3 is 3.15 bits per heavy atom. The van der Waals surface area contributed by atoms with E-state index in [-0.39, 0.29) is 12.1 Å². The Morgan fingerprint density at radius 2 is 2.26 bits per heavy atom. The maximum absolute atomic E-state index is 6.01. The summed E-state index contributed by atoms with van der Waals surface area (Å²) < 4.78 is 14.0. The summed E-state index contributed by atoms with van der Waals surface area (Å²) in [6.07, 6.45) is 4.13. The first-order chi connectivity index (χ1) is 13.2.